The summed E-state index contributed by atoms with van der Waals surface area (Å²) in [5.74, 6) is -10.6. The lowest BCUT2D eigenvalue weighted by atomic mass is 10.1. The molecule has 12 heteroatoms. The van der Waals surface area contributed by atoms with E-state index < -0.39 is 45.6 Å². The van der Waals surface area contributed by atoms with E-state index in [9.17, 15) is 36.9 Å². The van der Waals surface area contributed by atoms with E-state index in [1.165, 1.54) is 24.3 Å². The molecule has 1 N–H and O–H groups in total. The van der Waals surface area contributed by atoms with Gasteiger partial charge in [-0.1, -0.05) is 12.1 Å². The average molecular weight is 492 g/mol. The van der Waals surface area contributed by atoms with E-state index in [1.54, 1.807) is 24.3 Å². The Morgan fingerprint density at radius 2 is 1.29 bits per heavy atom. The van der Waals surface area contributed by atoms with Gasteiger partial charge in [0.1, 0.15) is 11.3 Å². The van der Waals surface area contributed by atoms with Crippen molar-refractivity contribution in [3.05, 3.63) is 93.3 Å². The molecule has 0 atom stereocenters. The van der Waals surface area contributed by atoms with Crippen molar-refractivity contribution in [3.8, 4) is 0 Å². The molecular formula is C23H17F5N4O3. The van der Waals surface area contributed by atoms with Gasteiger partial charge in [-0.15, -0.1) is 0 Å². The smallest absolute Gasteiger partial charge is 0.282 e. The molecule has 1 saturated heterocycles. The zero-order valence-corrected chi connectivity index (χ0v) is 17.9. The van der Waals surface area contributed by atoms with Gasteiger partial charge in [-0.3, -0.25) is 14.9 Å². The van der Waals surface area contributed by atoms with Crippen LogP contribution in [0.4, 0.5) is 44.7 Å². The SMILES string of the molecule is O=C(Nc1ccc(N2CCN(c3c(F)c(F)c(F)c(F)c3F)CC2)cc1)c1ccccc1[N+](=O)[O-]. The molecule has 4 rings (SSSR count). The molecule has 1 heterocycles. The van der Waals surface area contributed by atoms with Crippen LogP contribution in [-0.2, 0) is 0 Å². The summed E-state index contributed by atoms with van der Waals surface area (Å²) in [6.45, 7) is 0.492. The van der Waals surface area contributed by atoms with E-state index in [4.69, 9.17) is 0 Å². The fourth-order valence-electron chi connectivity index (χ4n) is 3.84. The van der Waals surface area contributed by atoms with Gasteiger partial charge in [0.05, 0.1) is 4.92 Å². The highest BCUT2D eigenvalue weighted by Crippen LogP contribution is 2.31. The topological polar surface area (TPSA) is 78.7 Å². The van der Waals surface area contributed by atoms with Gasteiger partial charge in [-0.2, -0.15) is 0 Å². The number of nitro groups is 1. The number of anilines is 3. The fraction of sp³-hybridized carbons (Fsp3) is 0.174. The Kier molecular flexibility index (Phi) is 6.54. The molecule has 1 aliphatic heterocycles. The van der Waals surface area contributed by atoms with Crippen LogP contribution >= 0.6 is 0 Å². The standard InChI is InChI=1S/C23H17F5N4O3/c24-17-18(25)20(27)22(21(28)19(17)26)31-11-9-30(10-12-31)14-7-5-13(6-8-14)29-23(33)15-3-1-2-4-16(15)32(34)35/h1-8H,9-12H2,(H,29,33). The first-order valence-corrected chi connectivity index (χ1v) is 10.3. The van der Waals surface area contributed by atoms with Gasteiger partial charge in [-0.05, 0) is 30.3 Å². The molecule has 1 aliphatic rings. The Morgan fingerprint density at radius 1 is 0.771 bits per heavy atom. The van der Waals surface area contributed by atoms with Crippen LogP contribution in [0.2, 0.25) is 0 Å². The Morgan fingerprint density at radius 3 is 1.86 bits per heavy atom. The second kappa shape index (κ2) is 9.57. The van der Waals surface area contributed by atoms with Gasteiger partial charge < -0.3 is 15.1 Å². The summed E-state index contributed by atoms with van der Waals surface area (Å²) in [7, 11) is 0. The number of hydrogen-bond donors (Lipinski definition) is 1. The van der Waals surface area contributed by atoms with Crippen molar-refractivity contribution < 1.29 is 31.7 Å². The van der Waals surface area contributed by atoms with Gasteiger partial charge >= 0.3 is 0 Å². The minimum atomic E-state index is -2.20. The first kappa shape index (κ1) is 23.9. The fourth-order valence-corrected chi connectivity index (χ4v) is 3.84. The minimum absolute atomic E-state index is 0.00845. The summed E-state index contributed by atoms with van der Waals surface area (Å²) >= 11 is 0. The molecule has 35 heavy (non-hydrogen) atoms. The zero-order valence-electron chi connectivity index (χ0n) is 17.9. The van der Waals surface area contributed by atoms with Crippen molar-refractivity contribution >= 4 is 28.7 Å². The number of carbonyl (C=O) groups is 1. The van der Waals surface area contributed by atoms with Crippen molar-refractivity contribution in [2.75, 3.05) is 41.3 Å². The molecule has 0 unspecified atom stereocenters. The number of nitrogens with one attached hydrogen (secondary N) is 1. The van der Waals surface area contributed by atoms with E-state index in [2.05, 4.69) is 5.32 Å². The summed E-state index contributed by atoms with van der Waals surface area (Å²) in [6, 6.07) is 12.0. The number of amides is 1. The molecule has 0 aliphatic carbocycles. The molecule has 0 radical (unpaired) electrons. The predicted octanol–water partition coefficient (Wildman–Crippen LogP) is 4.87. The molecule has 3 aromatic carbocycles. The molecule has 0 saturated carbocycles. The molecule has 182 valence electrons. The van der Waals surface area contributed by atoms with E-state index in [0.717, 1.165) is 4.90 Å². The second-order valence-corrected chi connectivity index (χ2v) is 7.67. The Labute approximate surface area is 195 Å². The number of hydrogen-bond acceptors (Lipinski definition) is 5. The Balaban J connectivity index is 1.43. The van der Waals surface area contributed by atoms with Gasteiger partial charge in [0.2, 0.25) is 5.82 Å². The van der Waals surface area contributed by atoms with E-state index in [0.29, 0.717) is 11.4 Å². The number of piperazine rings is 1. The van der Waals surface area contributed by atoms with Crippen LogP contribution in [0.3, 0.4) is 0 Å². The van der Waals surface area contributed by atoms with Crippen LogP contribution in [0.25, 0.3) is 0 Å². The number of nitro benzene ring substituents is 1. The average Bonchev–Trinajstić information content (AvgIpc) is 2.87. The van der Waals surface area contributed by atoms with E-state index in [1.807, 2.05) is 4.90 Å². The summed E-state index contributed by atoms with van der Waals surface area (Å²) < 4.78 is 68.6. The van der Waals surface area contributed by atoms with Gasteiger partial charge in [-0.25, -0.2) is 22.0 Å². The van der Waals surface area contributed by atoms with Crippen molar-refractivity contribution in [2.45, 2.75) is 0 Å². The quantitative estimate of drug-likeness (QED) is 0.181. The number of carbonyl (C=O) groups excluding carboxylic acids is 1. The predicted molar refractivity (Wildman–Crippen MR) is 118 cm³/mol. The maximum atomic E-state index is 14.1. The molecule has 0 bridgehead atoms. The number of benzene rings is 3. The van der Waals surface area contributed by atoms with E-state index in [-0.39, 0.29) is 37.4 Å². The van der Waals surface area contributed by atoms with Crippen molar-refractivity contribution in [1.29, 1.82) is 0 Å². The maximum absolute atomic E-state index is 14.1. The highest BCUT2D eigenvalue weighted by atomic mass is 19.2. The van der Waals surface area contributed by atoms with Crippen LogP contribution in [-0.4, -0.2) is 37.0 Å². The maximum Gasteiger partial charge on any atom is 0.282 e. The minimum Gasteiger partial charge on any atom is -0.368 e. The summed E-state index contributed by atoms with van der Waals surface area (Å²) in [6.07, 6.45) is 0. The first-order valence-electron chi connectivity index (χ1n) is 10.3. The normalized spacial score (nSPS) is 13.6. The van der Waals surface area contributed by atoms with Crippen LogP contribution in [0, 0.1) is 39.2 Å². The number of nitrogens with zero attached hydrogens (tertiary/aromatic N) is 3. The molecule has 3 aromatic rings. The molecule has 0 aromatic heterocycles. The molecule has 7 nitrogen and oxygen atoms in total. The molecule has 0 spiro atoms. The lowest BCUT2D eigenvalue weighted by Gasteiger charge is -2.37. The highest BCUT2D eigenvalue weighted by Gasteiger charge is 2.30. The first-order chi connectivity index (χ1) is 16.7. The Hall–Kier alpha value is -4.22. The second-order valence-electron chi connectivity index (χ2n) is 7.67. The van der Waals surface area contributed by atoms with Gasteiger partial charge in [0.25, 0.3) is 11.6 Å². The van der Waals surface area contributed by atoms with E-state index >= 15 is 0 Å². The van der Waals surface area contributed by atoms with Crippen molar-refractivity contribution in [2.24, 2.45) is 0 Å². The van der Waals surface area contributed by atoms with Gasteiger partial charge in [0, 0.05) is 43.6 Å². The molecular weight excluding hydrogens is 475 g/mol. The highest BCUT2D eigenvalue weighted by molar-refractivity contribution is 6.07. The zero-order chi connectivity index (χ0) is 25.3. The lowest BCUT2D eigenvalue weighted by Crippen LogP contribution is -2.47. The van der Waals surface area contributed by atoms with Crippen LogP contribution in [0.15, 0.2) is 48.5 Å². The van der Waals surface area contributed by atoms with Crippen molar-refractivity contribution in [1.82, 2.24) is 0 Å². The summed E-state index contributed by atoms with van der Waals surface area (Å²) in [4.78, 5) is 25.9. The van der Waals surface area contributed by atoms with Crippen LogP contribution in [0.5, 0.6) is 0 Å². The third-order valence-corrected chi connectivity index (χ3v) is 5.62. The number of rotatable bonds is 5. The van der Waals surface area contributed by atoms with Crippen LogP contribution in [0.1, 0.15) is 10.4 Å². The molecule has 1 fully saturated rings. The monoisotopic (exact) mass is 492 g/mol. The number of halogens is 5. The van der Waals surface area contributed by atoms with Gasteiger partial charge in [0.15, 0.2) is 23.3 Å². The molecule has 1 amide bonds. The van der Waals surface area contributed by atoms with Crippen LogP contribution < -0.4 is 15.1 Å². The third kappa shape index (κ3) is 4.59. The summed E-state index contributed by atoms with van der Waals surface area (Å²) in [5.41, 5.74) is -0.282. The Bertz CT molecular complexity index is 1270. The largest absolute Gasteiger partial charge is 0.368 e. The van der Waals surface area contributed by atoms with Crippen molar-refractivity contribution in [3.63, 3.8) is 0 Å². The lowest BCUT2D eigenvalue weighted by molar-refractivity contribution is -0.385. The third-order valence-electron chi connectivity index (χ3n) is 5.62. The summed E-state index contributed by atoms with van der Waals surface area (Å²) in [5, 5.41) is 13.7. The number of para-hydroxylation sites is 1.